The number of hydrogen-bond acceptors (Lipinski definition) is 5. The Kier molecular flexibility index (Phi) is 4.98. The summed E-state index contributed by atoms with van der Waals surface area (Å²) in [4.78, 5) is 10.8. The van der Waals surface area contributed by atoms with Crippen LogP contribution in [-0.2, 0) is 9.53 Å². The lowest BCUT2D eigenvalue weighted by Gasteiger charge is -2.08. The Labute approximate surface area is 98.8 Å². The van der Waals surface area contributed by atoms with E-state index in [2.05, 4.69) is 4.74 Å². The molecule has 0 bridgehead atoms. The number of ether oxygens (including phenoxy) is 1. The first kappa shape index (κ1) is 12.4. The Morgan fingerprint density at radius 1 is 1.73 bits per heavy atom. The fourth-order valence-electron chi connectivity index (χ4n) is 1.41. The Morgan fingerprint density at radius 2 is 2.47 bits per heavy atom. The van der Waals surface area contributed by atoms with Crippen molar-refractivity contribution in [2.75, 3.05) is 7.11 Å². The third kappa shape index (κ3) is 3.76. The van der Waals surface area contributed by atoms with Crippen molar-refractivity contribution in [1.82, 2.24) is 0 Å². The van der Waals surface area contributed by atoms with Gasteiger partial charge in [0, 0.05) is 17.7 Å². The summed E-state index contributed by atoms with van der Waals surface area (Å²) in [5.41, 5.74) is 0.721. The monoisotopic (exact) mass is 243 g/mol. The zero-order valence-electron chi connectivity index (χ0n) is 8.49. The molecular formula is C10H13NO2S2. The summed E-state index contributed by atoms with van der Waals surface area (Å²) in [6.45, 7) is 0. The molecule has 5 heteroatoms. The van der Waals surface area contributed by atoms with Gasteiger partial charge in [-0.15, -0.1) is 0 Å². The molecule has 1 aliphatic rings. The topological polar surface area (TPSA) is 50.2 Å². The van der Waals surface area contributed by atoms with Crippen LogP contribution in [0.5, 0.6) is 0 Å². The van der Waals surface area contributed by atoms with E-state index in [0.29, 0.717) is 0 Å². The SMILES string of the molecule is COC(=O)/C=C\SC(=S)[C@@H]1CCCC1=N. The maximum absolute atomic E-state index is 10.8. The summed E-state index contributed by atoms with van der Waals surface area (Å²) in [5, 5.41) is 9.30. The van der Waals surface area contributed by atoms with Crippen LogP contribution in [0.15, 0.2) is 11.5 Å². The van der Waals surface area contributed by atoms with Gasteiger partial charge in [-0.3, -0.25) is 0 Å². The first-order chi connectivity index (χ1) is 7.15. The molecule has 1 rings (SSSR count). The van der Waals surface area contributed by atoms with Crippen molar-refractivity contribution in [1.29, 1.82) is 5.41 Å². The third-order valence-corrected chi connectivity index (χ3v) is 3.60. The van der Waals surface area contributed by atoms with Crippen LogP contribution >= 0.6 is 24.0 Å². The van der Waals surface area contributed by atoms with Gasteiger partial charge in [0.25, 0.3) is 0 Å². The van der Waals surface area contributed by atoms with E-state index in [0.717, 1.165) is 29.2 Å². The quantitative estimate of drug-likeness (QED) is 0.470. The zero-order chi connectivity index (χ0) is 11.3. The predicted octanol–water partition coefficient (Wildman–Crippen LogP) is 2.55. The van der Waals surface area contributed by atoms with Crippen molar-refractivity contribution in [2.24, 2.45) is 5.92 Å². The minimum absolute atomic E-state index is 0.118. The summed E-state index contributed by atoms with van der Waals surface area (Å²) in [6, 6.07) is 0. The number of hydrogen-bond donors (Lipinski definition) is 1. The number of carbonyl (C=O) groups is 1. The van der Waals surface area contributed by atoms with Gasteiger partial charge in [0.05, 0.1) is 11.3 Å². The zero-order valence-corrected chi connectivity index (χ0v) is 10.1. The van der Waals surface area contributed by atoms with Crippen molar-refractivity contribution in [3.8, 4) is 0 Å². The highest BCUT2D eigenvalue weighted by atomic mass is 32.2. The lowest BCUT2D eigenvalue weighted by molar-refractivity contribution is -0.134. The van der Waals surface area contributed by atoms with Crippen LogP contribution < -0.4 is 0 Å². The van der Waals surface area contributed by atoms with Gasteiger partial charge in [0.2, 0.25) is 0 Å². The summed E-state index contributed by atoms with van der Waals surface area (Å²) >= 11 is 6.53. The smallest absolute Gasteiger partial charge is 0.330 e. The van der Waals surface area contributed by atoms with Gasteiger partial charge in [-0.1, -0.05) is 24.0 Å². The maximum Gasteiger partial charge on any atom is 0.330 e. The van der Waals surface area contributed by atoms with E-state index in [1.165, 1.54) is 24.9 Å². The molecule has 0 aromatic rings. The Balaban J connectivity index is 2.39. The number of rotatable bonds is 3. The van der Waals surface area contributed by atoms with Crippen LogP contribution in [0.2, 0.25) is 0 Å². The molecule has 1 N–H and O–H groups in total. The summed E-state index contributed by atoms with van der Waals surface area (Å²) in [7, 11) is 1.34. The average molecular weight is 243 g/mol. The second-order valence-electron chi connectivity index (χ2n) is 3.23. The Hall–Kier alpha value is -0.680. The van der Waals surface area contributed by atoms with E-state index in [9.17, 15) is 4.79 Å². The fourth-order valence-corrected chi connectivity index (χ4v) is 2.58. The van der Waals surface area contributed by atoms with Crippen LogP contribution in [0.4, 0.5) is 0 Å². The lowest BCUT2D eigenvalue weighted by Crippen LogP contribution is -2.12. The highest BCUT2D eigenvalue weighted by Crippen LogP contribution is 2.28. The minimum Gasteiger partial charge on any atom is -0.466 e. The number of nitrogens with one attached hydrogen (secondary N) is 1. The van der Waals surface area contributed by atoms with Crippen molar-refractivity contribution in [3.63, 3.8) is 0 Å². The van der Waals surface area contributed by atoms with E-state index >= 15 is 0 Å². The van der Waals surface area contributed by atoms with Gasteiger partial charge in [-0.05, 0) is 24.7 Å². The predicted molar refractivity (Wildman–Crippen MR) is 66.4 cm³/mol. The molecular weight excluding hydrogens is 230 g/mol. The van der Waals surface area contributed by atoms with Gasteiger partial charge in [0.1, 0.15) is 0 Å². The number of thioether (sulfide) groups is 1. The van der Waals surface area contributed by atoms with E-state index < -0.39 is 0 Å². The first-order valence-electron chi connectivity index (χ1n) is 4.67. The molecule has 0 unspecified atom stereocenters. The van der Waals surface area contributed by atoms with Crippen molar-refractivity contribution in [2.45, 2.75) is 19.3 Å². The van der Waals surface area contributed by atoms with E-state index in [-0.39, 0.29) is 11.9 Å². The molecule has 0 spiro atoms. The van der Waals surface area contributed by atoms with Crippen molar-refractivity contribution < 1.29 is 9.53 Å². The van der Waals surface area contributed by atoms with E-state index in [1.54, 1.807) is 5.41 Å². The summed E-state index contributed by atoms with van der Waals surface area (Å²) < 4.78 is 5.23. The Morgan fingerprint density at radius 3 is 3.00 bits per heavy atom. The molecule has 82 valence electrons. The summed E-state index contributed by atoms with van der Waals surface area (Å²) in [5.74, 6) is -0.265. The molecule has 0 radical (unpaired) electrons. The molecule has 0 aromatic heterocycles. The minimum atomic E-state index is -0.383. The van der Waals surface area contributed by atoms with Crippen LogP contribution in [-0.4, -0.2) is 23.0 Å². The lowest BCUT2D eigenvalue weighted by atomic mass is 10.1. The molecule has 0 heterocycles. The van der Waals surface area contributed by atoms with Crippen LogP contribution in [0.3, 0.4) is 0 Å². The standard InChI is InChI=1S/C10H13NO2S2/c1-13-9(12)5-6-15-10(14)7-3-2-4-8(7)11/h5-7,11H,2-4H2,1H3/b6-5-,11-8?/t7-/m1/s1. The van der Waals surface area contributed by atoms with Crippen LogP contribution in [0.1, 0.15) is 19.3 Å². The largest absolute Gasteiger partial charge is 0.466 e. The fraction of sp³-hybridized carbons (Fsp3) is 0.500. The highest BCUT2D eigenvalue weighted by Gasteiger charge is 2.24. The molecule has 1 aliphatic carbocycles. The van der Waals surface area contributed by atoms with Gasteiger partial charge in [0.15, 0.2) is 0 Å². The van der Waals surface area contributed by atoms with Gasteiger partial charge in [-0.25, -0.2) is 4.79 Å². The van der Waals surface area contributed by atoms with E-state index in [4.69, 9.17) is 17.6 Å². The van der Waals surface area contributed by atoms with Gasteiger partial charge in [-0.2, -0.15) is 0 Å². The van der Waals surface area contributed by atoms with Crippen molar-refractivity contribution in [3.05, 3.63) is 11.5 Å². The number of carbonyl (C=O) groups excluding carboxylic acids is 1. The molecule has 0 aliphatic heterocycles. The molecule has 3 nitrogen and oxygen atoms in total. The second kappa shape index (κ2) is 6.02. The third-order valence-electron chi connectivity index (χ3n) is 2.23. The summed E-state index contributed by atoms with van der Waals surface area (Å²) in [6.07, 6.45) is 4.21. The molecule has 1 atom stereocenters. The Bertz CT molecular complexity index is 313. The van der Waals surface area contributed by atoms with Crippen LogP contribution in [0.25, 0.3) is 0 Å². The van der Waals surface area contributed by atoms with Crippen molar-refractivity contribution >= 4 is 39.9 Å². The highest BCUT2D eigenvalue weighted by molar-refractivity contribution is 8.25. The molecule has 15 heavy (non-hydrogen) atoms. The van der Waals surface area contributed by atoms with Crippen LogP contribution in [0, 0.1) is 11.3 Å². The van der Waals surface area contributed by atoms with E-state index in [1.807, 2.05) is 0 Å². The molecule has 0 amide bonds. The number of thiocarbonyl (C=S) groups is 1. The normalized spacial score (nSPS) is 20.9. The maximum atomic E-state index is 10.8. The van der Waals surface area contributed by atoms with Gasteiger partial charge >= 0.3 is 5.97 Å². The molecule has 0 aromatic carbocycles. The van der Waals surface area contributed by atoms with Gasteiger partial charge < -0.3 is 10.1 Å². The number of methoxy groups -OCH3 is 1. The molecule has 1 saturated carbocycles. The number of esters is 1. The first-order valence-corrected chi connectivity index (χ1v) is 5.96. The molecule has 1 fully saturated rings. The average Bonchev–Trinajstić information content (AvgIpc) is 2.64. The molecule has 0 saturated heterocycles. The second-order valence-corrected chi connectivity index (χ2v) is 4.88.